The number of aromatic hydroxyl groups is 1. The van der Waals surface area contributed by atoms with Gasteiger partial charge in [-0.1, -0.05) is 37.5 Å². The number of carbonyl (C=O) groups is 1. The first-order valence-electron chi connectivity index (χ1n) is 8.20. The predicted octanol–water partition coefficient (Wildman–Crippen LogP) is 4.29. The lowest BCUT2D eigenvalue weighted by Crippen LogP contribution is -2.09. The Bertz CT molecular complexity index is 754. The number of phenolic OH excluding ortho intramolecular Hbond substituents is 1. The average molecular weight is 340 g/mol. The van der Waals surface area contributed by atoms with Crippen molar-refractivity contribution in [1.82, 2.24) is 0 Å². The number of ether oxygens (including phenoxy) is 2. The third-order valence-electron chi connectivity index (χ3n) is 4.22. The number of benzene rings is 1. The van der Waals surface area contributed by atoms with E-state index >= 15 is 0 Å². The summed E-state index contributed by atoms with van der Waals surface area (Å²) in [4.78, 5) is 12.2. The van der Waals surface area contributed by atoms with Crippen LogP contribution in [0.3, 0.4) is 0 Å². The molecule has 132 valence electrons. The molecule has 0 saturated heterocycles. The van der Waals surface area contributed by atoms with Gasteiger partial charge in [-0.25, -0.2) is 4.79 Å². The molecule has 0 aromatic heterocycles. The number of allylic oxidation sites excluding steroid dienone is 5. The van der Waals surface area contributed by atoms with Gasteiger partial charge in [-0.15, -0.1) is 0 Å². The van der Waals surface area contributed by atoms with Gasteiger partial charge in [-0.3, -0.25) is 0 Å². The summed E-state index contributed by atoms with van der Waals surface area (Å²) in [5.41, 5.74) is 3.60. The lowest BCUT2D eigenvalue weighted by atomic mass is 9.94. The Hall–Kier alpha value is -2.75. The zero-order valence-electron chi connectivity index (χ0n) is 14.8. The topological polar surface area (TPSA) is 55.8 Å². The minimum atomic E-state index is -0.548. The Morgan fingerprint density at radius 1 is 1.44 bits per heavy atom. The summed E-state index contributed by atoms with van der Waals surface area (Å²) >= 11 is 0. The van der Waals surface area contributed by atoms with Crippen LogP contribution in [0, 0.1) is 0 Å². The molecule has 1 heterocycles. The molecule has 0 bridgehead atoms. The molecule has 0 radical (unpaired) electrons. The second kappa shape index (κ2) is 8.38. The molecule has 0 atom stereocenters. The van der Waals surface area contributed by atoms with E-state index in [1.165, 1.54) is 7.11 Å². The van der Waals surface area contributed by atoms with Crippen molar-refractivity contribution in [2.45, 2.75) is 26.2 Å². The van der Waals surface area contributed by atoms with E-state index in [1.807, 2.05) is 25.1 Å². The molecular formula is C21H24O4. The highest BCUT2D eigenvalue weighted by molar-refractivity contribution is 5.95. The molecular weight excluding hydrogens is 316 g/mol. The first-order chi connectivity index (χ1) is 12.0. The van der Waals surface area contributed by atoms with Crippen molar-refractivity contribution in [3.63, 3.8) is 0 Å². The maximum absolute atomic E-state index is 12.2. The minimum absolute atomic E-state index is 0.0573. The number of phenols is 1. The van der Waals surface area contributed by atoms with Crippen molar-refractivity contribution in [3.05, 3.63) is 71.4 Å². The number of esters is 1. The van der Waals surface area contributed by atoms with Crippen LogP contribution in [0.5, 0.6) is 11.5 Å². The normalized spacial score (nSPS) is 13.8. The highest BCUT2D eigenvalue weighted by Crippen LogP contribution is 2.38. The molecule has 1 aromatic carbocycles. The number of carbonyl (C=O) groups excluding carboxylic acids is 1. The molecule has 0 spiro atoms. The second-order valence-electron chi connectivity index (χ2n) is 5.95. The van der Waals surface area contributed by atoms with Crippen LogP contribution >= 0.6 is 0 Å². The highest BCUT2D eigenvalue weighted by Gasteiger charge is 2.24. The zero-order chi connectivity index (χ0) is 18.4. The van der Waals surface area contributed by atoms with Crippen molar-refractivity contribution in [2.75, 3.05) is 13.7 Å². The Kier molecular flexibility index (Phi) is 6.23. The number of hydrogen-bond donors (Lipinski definition) is 1. The van der Waals surface area contributed by atoms with Crippen molar-refractivity contribution < 1.29 is 19.4 Å². The molecule has 0 aliphatic carbocycles. The lowest BCUT2D eigenvalue weighted by molar-refractivity contribution is 0.0596. The van der Waals surface area contributed by atoms with Crippen molar-refractivity contribution in [3.8, 4) is 11.5 Å². The quantitative estimate of drug-likeness (QED) is 0.477. The van der Waals surface area contributed by atoms with Crippen LogP contribution in [0.2, 0.25) is 0 Å². The summed E-state index contributed by atoms with van der Waals surface area (Å²) in [6, 6.07) is 1.84. The van der Waals surface area contributed by atoms with E-state index in [2.05, 4.69) is 13.2 Å². The molecule has 0 saturated carbocycles. The number of rotatable bonds is 6. The smallest absolute Gasteiger partial charge is 0.341 e. The molecule has 4 heteroatoms. The number of fused-ring (bicyclic) bond motifs is 1. The molecule has 2 rings (SSSR count). The van der Waals surface area contributed by atoms with E-state index < -0.39 is 5.97 Å². The van der Waals surface area contributed by atoms with Crippen molar-refractivity contribution >= 4 is 5.97 Å². The number of hydrogen-bond acceptors (Lipinski definition) is 4. The molecule has 4 nitrogen and oxygen atoms in total. The molecule has 1 aromatic rings. The minimum Gasteiger partial charge on any atom is -0.507 e. The number of aryl methyl sites for hydroxylation is 1. The van der Waals surface area contributed by atoms with Gasteiger partial charge in [0.15, 0.2) is 0 Å². The fourth-order valence-corrected chi connectivity index (χ4v) is 2.80. The summed E-state index contributed by atoms with van der Waals surface area (Å²) in [5, 5.41) is 10.7. The summed E-state index contributed by atoms with van der Waals surface area (Å²) in [6.45, 7) is 9.92. The summed E-state index contributed by atoms with van der Waals surface area (Å²) in [7, 11) is 1.31. The van der Waals surface area contributed by atoms with Crippen LogP contribution in [-0.4, -0.2) is 24.8 Å². The fourth-order valence-electron chi connectivity index (χ4n) is 2.80. The highest BCUT2D eigenvalue weighted by atomic mass is 16.5. The van der Waals surface area contributed by atoms with E-state index in [0.717, 1.165) is 11.1 Å². The molecule has 25 heavy (non-hydrogen) atoms. The third-order valence-corrected chi connectivity index (χ3v) is 4.22. The fraction of sp³-hybridized carbons (Fsp3) is 0.286. The van der Waals surface area contributed by atoms with E-state index in [9.17, 15) is 9.90 Å². The Balaban J connectivity index is 2.47. The van der Waals surface area contributed by atoms with E-state index in [-0.39, 0.29) is 11.3 Å². The standard InChI is InChI=1S/C21H24O4/c1-5-7-15(6-2)9-10-16-12-18-17(11-8-14(3)13-25-18)20(22)19(16)21(23)24-4/h5-8,12,22H,1-2,9-11,13H2,3-4H3/b15-7+. The van der Waals surface area contributed by atoms with Gasteiger partial charge in [0.25, 0.3) is 0 Å². The van der Waals surface area contributed by atoms with Gasteiger partial charge < -0.3 is 14.6 Å². The van der Waals surface area contributed by atoms with Gasteiger partial charge in [0.2, 0.25) is 0 Å². The molecule has 1 aliphatic heterocycles. The monoisotopic (exact) mass is 340 g/mol. The molecule has 0 amide bonds. The van der Waals surface area contributed by atoms with Gasteiger partial charge in [-0.2, -0.15) is 0 Å². The van der Waals surface area contributed by atoms with Crippen LogP contribution in [0.25, 0.3) is 0 Å². The predicted molar refractivity (Wildman–Crippen MR) is 99.2 cm³/mol. The van der Waals surface area contributed by atoms with Crippen LogP contribution < -0.4 is 4.74 Å². The molecule has 1 aliphatic rings. The first-order valence-corrected chi connectivity index (χ1v) is 8.20. The largest absolute Gasteiger partial charge is 0.507 e. The van der Waals surface area contributed by atoms with Crippen LogP contribution in [-0.2, 0) is 17.6 Å². The van der Waals surface area contributed by atoms with Gasteiger partial charge in [-0.05, 0) is 49.0 Å². The molecule has 1 N–H and O–H groups in total. The van der Waals surface area contributed by atoms with Crippen LogP contribution in [0.4, 0.5) is 0 Å². The van der Waals surface area contributed by atoms with Gasteiger partial charge in [0.05, 0.1) is 7.11 Å². The SMILES string of the molecule is C=C/C=C(\C=C)CCc1cc2c(c(O)c1C(=O)OC)CC=C(C)CO2. The van der Waals surface area contributed by atoms with Gasteiger partial charge in [0, 0.05) is 5.56 Å². The van der Waals surface area contributed by atoms with Gasteiger partial charge in [0.1, 0.15) is 23.7 Å². The second-order valence-corrected chi connectivity index (χ2v) is 5.95. The summed E-state index contributed by atoms with van der Waals surface area (Å²) in [6.07, 6.45) is 9.05. The lowest BCUT2D eigenvalue weighted by Gasteiger charge is -2.16. The summed E-state index contributed by atoms with van der Waals surface area (Å²) in [5.74, 6) is 0.00682. The maximum atomic E-state index is 12.2. The Morgan fingerprint density at radius 3 is 2.84 bits per heavy atom. The zero-order valence-corrected chi connectivity index (χ0v) is 14.8. The summed E-state index contributed by atoms with van der Waals surface area (Å²) < 4.78 is 10.7. The van der Waals surface area contributed by atoms with E-state index in [1.54, 1.807) is 12.2 Å². The third kappa shape index (κ3) is 4.21. The van der Waals surface area contributed by atoms with E-state index in [4.69, 9.17) is 9.47 Å². The van der Waals surface area contributed by atoms with Crippen LogP contribution in [0.15, 0.2) is 54.7 Å². The van der Waals surface area contributed by atoms with E-state index in [0.29, 0.717) is 42.7 Å². The van der Waals surface area contributed by atoms with Crippen molar-refractivity contribution in [2.24, 2.45) is 0 Å². The molecule has 0 fully saturated rings. The van der Waals surface area contributed by atoms with Gasteiger partial charge >= 0.3 is 5.97 Å². The first kappa shape index (κ1) is 18.6. The number of methoxy groups -OCH3 is 1. The van der Waals surface area contributed by atoms with Crippen LogP contribution in [0.1, 0.15) is 34.8 Å². The van der Waals surface area contributed by atoms with Crippen molar-refractivity contribution in [1.29, 1.82) is 0 Å². The Labute approximate surface area is 148 Å². The molecule has 0 unspecified atom stereocenters. The average Bonchev–Trinajstić information content (AvgIpc) is 2.80. The maximum Gasteiger partial charge on any atom is 0.341 e. The Morgan fingerprint density at radius 2 is 2.20 bits per heavy atom.